The fraction of sp³-hybridized carbons (Fsp3) is 1.00. The van der Waals surface area contributed by atoms with Crippen molar-refractivity contribution in [3.05, 3.63) is 0 Å². The molecule has 0 spiro atoms. The maximum absolute atomic E-state index is 12.4. The summed E-state index contributed by atoms with van der Waals surface area (Å²) in [7, 11) is 0. The first-order chi connectivity index (χ1) is 10.1. The van der Waals surface area contributed by atoms with Gasteiger partial charge in [-0.2, -0.15) is 26.3 Å². The smallest absolute Gasteiger partial charge is 0.171 e. The van der Waals surface area contributed by atoms with Gasteiger partial charge < -0.3 is 0 Å². The number of hydrogen-bond donors (Lipinski definition) is 0. The average Bonchev–Trinajstić information content (AvgIpc) is 2.39. The highest BCUT2D eigenvalue weighted by Crippen LogP contribution is 2.42. The third-order valence-corrected chi connectivity index (χ3v) is 4.64. The normalized spacial score (nSPS) is 27.1. The number of rotatable bonds is 7. The van der Waals surface area contributed by atoms with Crippen LogP contribution in [0.4, 0.5) is 26.3 Å². The van der Waals surface area contributed by atoms with Crippen molar-refractivity contribution in [2.75, 3.05) is 0 Å². The third kappa shape index (κ3) is 8.89. The summed E-state index contributed by atoms with van der Waals surface area (Å²) in [5.74, 6) is 0.149. The van der Waals surface area contributed by atoms with Crippen LogP contribution < -0.4 is 0 Å². The van der Waals surface area contributed by atoms with E-state index in [1.54, 1.807) is 0 Å². The molecule has 0 aromatic rings. The molecule has 1 aliphatic carbocycles. The average molecular weight is 332 g/mol. The second-order valence-corrected chi connectivity index (χ2v) is 6.76. The van der Waals surface area contributed by atoms with Crippen LogP contribution in [0.5, 0.6) is 0 Å². The van der Waals surface area contributed by atoms with E-state index in [-0.39, 0.29) is 24.7 Å². The van der Waals surface area contributed by atoms with Crippen LogP contribution in [0, 0.1) is 17.8 Å². The van der Waals surface area contributed by atoms with Gasteiger partial charge in [0.15, 0.2) is 0 Å². The molecule has 0 heterocycles. The summed E-state index contributed by atoms with van der Waals surface area (Å²) in [6.07, 6.45) is -4.87. The lowest BCUT2D eigenvalue weighted by Gasteiger charge is -2.35. The summed E-state index contributed by atoms with van der Waals surface area (Å²) in [5, 5.41) is 0. The van der Waals surface area contributed by atoms with Gasteiger partial charge in [0.2, 0.25) is 0 Å². The Kier molecular flexibility index (Phi) is 7.53. The van der Waals surface area contributed by atoms with Gasteiger partial charge in [0.1, 0.15) is 0 Å². The Labute approximate surface area is 128 Å². The fourth-order valence-corrected chi connectivity index (χ4v) is 3.64. The molecule has 0 aromatic carbocycles. The predicted molar refractivity (Wildman–Crippen MR) is 74.4 cm³/mol. The molecule has 0 aliphatic heterocycles. The van der Waals surface area contributed by atoms with E-state index in [4.69, 9.17) is 0 Å². The zero-order valence-corrected chi connectivity index (χ0v) is 13.1. The first-order valence-corrected chi connectivity index (χ1v) is 8.22. The van der Waals surface area contributed by atoms with E-state index in [1.807, 2.05) is 6.92 Å². The molecule has 0 bridgehead atoms. The molecular weight excluding hydrogens is 306 g/mol. The SMILES string of the molecule is CCCCC1CC(CCC(F)(F)F)CC(CCC(F)(F)F)C1. The molecule has 132 valence electrons. The Bertz CT molecular complexity index is 281. The first kappa shape index (κ1) is 19.6. The minimum atomic E-state index is -4.17. The van der Waals surface area contributed by atoms with Crippen molar-refractivity contribution in [1.82, 2.24) is 0 Å². The van der Waals surface area contributed by atoms with E-state index in [0.29, 0.717) is 12.3 Å². The van der Waals surface area contributed by atoms with Crippen molar-refractivity contribution < 1.29 is 26.3 Å². The Hall–Kier alpha value is -0.420. The summed E-state index contributed by atoms with van der Waals surface area (Å²) >= 11 is 0. The Morgan fingerprint density at radius 3 is 1.36 bits per heavy atom. The summed E-state index contributed by atoms with van der Waals surface area (Å²) in [6, 6.07) is 0. The minimum Gasteiger partial charge on any atom is -0.171 e. The zero-order valence-electron chi connectivity index (χ0n) is 13.1. The van der Waals surface area contributed by atoms with Gasteiger partial charge in [0.05, 0.1) is 0 Å². The molecule has 1 saturated carbocycles. The van der Waals surface area contributed by atoms with E-state index < -0.39 is 25.2 Å². The lowest BCUT2D eigenvalue weighted by molar-refractivity contribution is -0.140. The van der Waals surface area contributed by atoms with Gasteiger partial charge in [-0.1, -0.05) is 26.2 Å². The summed E-state index contributed by atoms with van der Waals surface area (Å²) in [6.45, 7) is 2.05. The summed E-state index contributed by atoms with van der Waals surface area (Å²) in [5.41, 5.74) is 0. The highest BCUT2D eigenvalue weighted by Gasteiger charge is 2.35. The number of hydrogen-bond acceptors (Lipinski definition) is 0. The van der Waals surface area contributed by atoms with Gasteiger partial charge in [0, 0.05) is 12.8 Å². The second-order valence-electron chi connectivity index (χ2n) is 6.76. The monoisotopic (exact) mass is 332 g/mol. The number of halogens is 6. The van der Waals surface area contributed by atoms with Crippen LogP contribution in [0.3, 0.4) is 0 Å². The molecule has 1 aliphatic rings. The molecule has 1 rings (SSSR count). The predicted octanol–water partition coefficient (Wildman–Crippen LogP) is 6.89. The van der Waals surface area contributed by atoms with E-state index in [0.717, 1.165) is 32.1 Å². The second kappa shape index (κ2) is 8.44. The van der Waals surface area contributed by atoms with Crippen LogP contribution in [0.1, 0.15) is 71.1 Å². The van der Waals surface area contributed by atoms with Crippen molar-refractivity contribution in [2.24, 2.45) is 17.8 Å². The van der Waals surface area contributed by atoms with Crippen LogP contribution in [-0.4, -0.2) is 12.4 Å². The molecule has 0 saturated heterocycles. The van der Waals surface area contributed by atoms with E-state index >= 15 is 0 Å². The van der Waals surface area contributed by atoms with Gasteiger partial charge in [0.25, 0.3) is 0 Å². The van der Waals surface area contributed by atoms with Gasteiger partial charge in [-0.3, -0.25) is 0 Å². The fourth-order valence-electron chi connectivity index (χ4n) is 3.64. The molecule has 0 N–H and O–H groups in total. The van der Waals surface area contributed by atoms with Crippen molar-refractivity contribution in [3.63, 3.8) is 0 Å². The summed E-state index contributed by atoms with van der Waals surface area (Å²) < 4.78 is 74.2. The third-order valence-electron chi connectivity index (χ3n) is 4.64. The molecule has 0 aromatic heterocycles. The van der Waals surface area contributed by atoms with Crippen LogP contribution in [0.25, 0.3) is 0 Å². The minimum absolute atomic E-state index is 0.0641. The van der Waals surface area contributed by atoms with Crippen molar-refractivity contribution >= 4 is 0 Å². The Balaban J connectivity index is 2.53. The molecule has 1 fully saturated rings. The van der Waals surface area contributed by atoms with Crippen LogP contribution in [0.15, 0.2) is 0 Å². The van der Waals surface area contributed by atoms with Crippen molar-refractivity contribution in [2.45, 2.75) is 83.5 Å². The highest BCUT2D eigenvalue weighted by atomic mass is 19.4. The molecule has 22 heavy (non-hydrogen) atoms. The quantitative estimate of drug-likeness (QED) is 0.445. The van der Waals surface area contributed by atoms with E-state index in [1.165, 1.54) is 0 Å². The Morgan fingerprint density at radius 1 is 0.682 bits per heavy atom. The first-order valence-electron chi connectivity index (χ1n) is 8.22. The van der Waals surface area contributed by atoms with Crippen molar-refractivity contribution in [3.8, 4) is 0 Å². The molecular formula is C16H26F6. The molecule has 2 atom stereocenters. The maximum Gasteiger partial charge on any atom is 0.389 e. The van der Waals surface area contributed by atoms with Crippen LogP contribution in [0.2, 0.25) is 0 Å². The number of unbranched alkanes of at least 4 members (excludes halogenated alkanes) is 1. The van der Waals surface area contributed by atoms with Gasteiger partial charge >= 0.3 is 12.4 Å². The van der Waals surface area contributed by atoms with Crippen molar-refractivity contribution in [1.29, 1.82) is 0 Å². The van der Waals surface area contributed by atoms with E-state index in [9.17, 15) is 26.3 Å². The zero-order chi connectivity index (χ0) is 16.8. The largest absolute Gasteiger partial charge is 0.389 e. The topological polar surface area (TPSA) is 0 Å². The highest BCUT2D eigenvalue weighted by molar-refractivity contribution is 4.80. The summed E-state index contributed by atoms with van der Waals surface area (Å²) in [4.78, 5) is 0. The lowest BCUT2D eigenvalue weighted by atomic mass is 9.71. The van der Waals surface area contributed by atoms with Crippen LogP contribution in [-0.2, 0) is 0 Å². The lowest BCUT2D eigenvalue weighted by Crippen LogP contribution is -2.25. The van der Waals surface area contributed by atoms with Gasteiger partial charge in [-0.15, -0.1) is 0 Å². The molecule has 6 heteroatoms. The standard InChI is InChI=1S/C16H26F6/c1-2-3-4-12-9-13(5-7-15(17,18)19)11-14(10-12)6-8-16(20,21)22/h12-14H,2-11H2,1H3. The van der Waals surface area contributed by atoms with E-state index in [2.05, 4.69) is 0 Å². The molecule has 0 radical (unpaired) electrons. The van der Waals surface area contributed by atoms with Gasteiger partial charge in [-0.05, 0) is 49.9 Å². The maximum atomic E-state index is 12.4. The van der Waals surface area contributed by atoms with Crippen LogP contribution >= 0.6 is 0 Å². The molecule has 0 nitrogen and oxygen atoms in total. The number of alkyl halides is 6. The Morgan fingerprint density at radius 2 is 1.05 bits per heavy atom. The molecule has 2 unspecified atom stereocenters. The van der Waals surface area contributed by atoms with Gasteiger partial charge in [-0.25, -0.2) is 0 Å². The molecule has 0 amide bonds.